The predicted molar refractivity (Wildman–Crippen MR) is 123 cm³/mol. The molecule has 1 spiro atoms. The van der Waals surface area contributed by atoms with Gasteiger partial charge >= 0.3 is 0 Å². The molecule has 3 aliphatic heterocycles. The first-order valence-corrected chi connectivity index (χ1v) is 12.7. The molecule has 1 saturated carbocycles. The number of amides is 3. The van der Waals surface area contributed by atoms with Gasteiger partial charge in [-0.2, -0.15) is 0 Å². The fraction of sp³-hybridized carbons (Fsp3) is 0.625. The minimum Gasteiger partial charge on any atom is -0.395 e. The van der Waals surface area contributed by atoms with Crippen LogP contribution in [-0.2, 0) is 14.4 Å². The Morgan fingerprint density at radius 1 is 1.09 bits per heavy atom. The summed E-state index contributed by atoms with van der Waals surface area (Å²) in [6.45, 7) is -0.0746. The van der Waals surface area contributed by atoms with E-state index in [2.05, 4.69) is 10.6 Å². The lowest BCUT2D eigenvalue weighted by Crippen LogP contribution is -2.55. The van der Waals surface area contributed by atoms with E-state index in [9.17, 15) is 19.5 Å². The zero-order chi connectivity index (χ0) is 22.3. The molecule has 3 N–H and O–H groups in total. The topological polar surface area (TPSA) is 98.7 Å². The van der Waals surface area contributed by atoms with Gasteiger partial charge in [0.1, 0.15) is 6.04 Å². The molecule has 1 aromatic carbocycles. The Hall–Kier alpha value is -2.06. The number of anilines is 1. The Bertz CT molecular complexity index is 890. The number of aliphatic hydroxyl groups excluding tert-OH is 1. The van der Waals surface area contributed by atoms with Crippen LogP contribution in [-0.4, -0.2) is 63.0 Å². The summed E-state index contributed by atoms with van der Waals surface area (Å²) in [5, 5.41) is 15.9. The van der Waals surface area contributed by atoms with Crippen molar-refractivity contribution in [2.24, 2.45) is 11.8 Å². The third kappa shape index (κ3) is 3.52. The van der Waals surface area contributed by atoms with E-state index in [4.69, 9.17) is 0 Å². The molecule has 32 heavy (non-hydrogen) atoms. The fourth-order valence-corrected chi connectivity index (χ4v) is 8.60. The minimum absolute atomic E-state index is 0.0360. The number of aliphatic hydroxyl groups is 1. The van der Waals surface area contributed by atoms with E-state index < -0.39 is 22.6 Å². The van der Waals surface area contributed by atoms with E-state index in [0.29, 0.717) is 5.69 Å². The van der Waals surface area contributed by atoms with Crippen molar-refractivity contribution < 1.29 is 19.5 Å². The largest absolute Gasteiger partial charge is 0.395 e. The van der Waals surface area contributed by atoms with Gasteiger partial charge in [0.05, 0.1) is 23.2 Å². The van der Waals surface area contributed by atoms with Crippen LogP contribution < -0.4 is 10.6 Å². The summed E-state index contributed by atoms with van der Waals surface area (Å²) in [6, 6.07) is 8.81. The van der Waals surface area contributed by atoms with Crippen LogP contribution in [0.25, 0.3) is 0 Å². The first kappa shape index (κ1) is 21.8. The van der Waals surface area contributed by atoms with E-state index in [-0.39, 0.29) is 42.2 Å². The van der Waals surface area contributed by atoms with Crippen molar-refractivity contribution in [3.8, 4) is 0 Å². The van der Waals surface area contributed by atoms with E-state index in [1.54, 1.807) is 16.7 Å². The first-order valence-electron chi connectivity index (χ1n) is 11.8. The van der Waals surface area contributed by atoms with Crippen molar-refractivity contribution in [1.29, 1.82) is 0 Å². The number of fused-ring (bicyclic) bond motifs is 1. The molecule has 2 bridgehead atoms. The Morgan fingerprint density at radius 3 is 2.56 bits per heavy atom. The molecular weight excluding hydrogens is 426 g/mol. The highest BCUT2D eigenvalue weighted by Gasteiger charge is 2.73. The van der Waals surface area contributed by atoms with Crippen molar-refractivity contribution in [3.05, 3.63) is 30.3 Å². The second-order valence-electron chi connectivity index (χ2n) is 9.51. The van der Waals surface area contributed by atoms with Gasteiger partial charge in [-0.1, -0.05) is 37.5 Å². The number of carbonyl (C=O) groups excluding carboxylic acids is 3. The molecule has 1 aromatic rings. The number of para-hydroxylation sites is 1. The Kier molecular flexibility index (Phi) is 5.92. The number of hydrogen-bond donors (Lipinski definition) is 3. The number of nitrogens with zero attached hydrogens (tertiary/aromatic N) is 1. The summed E-state index contributed by atoms with van der Waals surface area (Å²) >= 11 is 1.66. The lowest BCUT2D eigenvalue weighted by atomic mass is 9.70. The van der Waals surface area contributed by atoms with Crippen molar-refractivity contribution in [1.82, 2.24) is 10.2 Å². The SMILES string of the molecule is O=C(NC1CCCCC1)C1N(CCO)C(=O)[C@@H]2[C@H](C(=O)Nc3ccccc3)[C@@H]3CCC12S3. The second-order valence-corrected chi connectivity index (χ2v) is 11.1. The van der Waals surface area contributed by atoms with Gasteiger partial charge in [-0.25, -0.2) is 0 Å². The van der Waals surface area contributed by atoms with Gasteiger partial charge in [-0.3, -0.25) is 14.4 Å². The zero-order valence-electron chi connectivity index (χ0n) is 18.2. The summed E-state index contributed by atoms with van der Waals surface area (Å²) in [4.78, 5) is 42.0. The van der Waals surface area contributed by atoms with Crippen molar-refractivity contribution in [3.63, 3.8) is 0 Å². The maximum atomic E-state index is 13.6. The molecule has 0 aromatic heterocycles. The van der Waals surface area contributed by atoms with E-state index in [1.165, 1.54) is 6.42 Å². The Morgan fingerprint density at radius 2 is 1.84 bits per heavy atom. The van der Waals surface area contributed by atoms with Crippen LogP contribution in [0.3, 0.4) is 0 Å². The molecule has 4 aliphatic rings. The normalized spacial score (nSPS) is 33.9. The monoisotopic (exact) mass is 457 g/mol. The molecule has 8 heteroatoms. The molecule has 7 nitrogen and oxygen atoms in total. The summed E-state index contributed by atoms with van der Waals surface area (Å²) < 4.78 is -0.589. The third-order valence-corrected chi connectivity index (χ3v) is 9.64. The number of carbonyl (C=O) groups is 3. The van der Waals surface area contributed by atoms with Crippen LogP contribution in [0.2, 0.25) is 0 Å². The molecule has 5 rings (SSSR count). The first-order chi connectivity index (χ1) is 15.5. The van der Waals surface area contributed by atoms with Crippen LogP contribution in [0.1, 0.15) is 44.9 Å². The molecule has 4 fully saturated rings. The molecule has 2 unspecified atom stereocenters. The van der Waals surface area contributed by atoms with Crippen LogP contribution in [0.15, 0.2) is 30.3 Å². The van der Waals surface area contributed by atoms with Gasteiger partial charge in [0.15, 0.2) is 0 Å². The molecular formula is C24H31N3O4S. The van der Waals surface area contributed by atoms with Gasteiger partial charge in [0.2, 0.25) is 17.7 Å². The van der Waals surface area contributed by atoms with Gasteiger partial charge in [0.25, 0.3) is 0 Å². The van der Waals surface area contributed by atoms with Crippen LogP contribution in [0.5, 0.6) is 0 Å². The average Bonchev–Trinajstić information content (AvgIpc) is 3.43. The maximum absolute atomic E-state index is 13.6. The number of thioether (sulfide) groups is 1. The molecule has 3 saturated heterocycles. The second kappa shape index (κ2) is 8.71. The maximum Gasteiger partial charge on any atom is 0.244 e. The smallest absolute Gasteiger partial charge is 0.244 e. The van der Waals surface area contributed by atoms with Crippen LogP contribution >= 0.6 is 11.8 Å². The zero-order valence-corrected chi connectivity index (χ0v) is 19.0. The highest BCUT2D eigenvalue weighted by atomic mass is 32.2. The van der Waals surface area contributed by atoms with Crippen molar-refractivity contribution in [2.75, 3.05) is 18.5 Å². The summed E-state index contributed by atoms with van der Waals surface area (Å²) in [6.07, 6.45) is 6.94. The molecule has 3 amide bonds. The lowest BCUT2D eigenvalue weighted by Gasteiger charge is -2.35. The number of rotatable bonds is 6. The fourth-order valence-electron chi connectivity index (χ4n) is 6.38. The van der Waals surface area contributed by atoms with Gasteiger partial charge in [-0.15, -0.1) is 11.8 Å². The number of benzene rings is 1. The quantitative estimate of drug-likeness (QED) is 0.608. The van der Waals surface area contributed by atoms with E-state index in [1.807, 2.05) is 30.3 Å². The number of hydrogen-bond acceptors (Lipinski definition) is 5. The van der Waals surface area contributed by atoms with Crippen molar-refractivity contribution in [2.45, 2.75) is 67.0 Å². The molecule has 0 radical (unpaired) electrons. The molecule has 172 valence electrons. The highest BCUT2D eigenvalue weighted by molar-refractivity contribution is 8.02. The molecule has 5 atom stereocenters. The summed E-state index contributed by atoms with van der Waals surface area (Å²) in [5.41, 5.74) is 0.712. The average molecular weight is 458 g/mol. The van der Waals surface area contributed by atoms with Crippen molar-refractivity contribution >= 4 is 35.2 Å². The predicted octanol–water partition coefficient (Wildman–Crippen LogP) is 2.16. The van der Waals surface area contributed by atoms with Crippen LogP contribution in [0.4, 0.5) is 5.69 Å². The standard InChI is InChI=1S/C24H31N3O4S/c28-14-13-27-20(22(30)26-16-9-5-2-6-10-16)24-12-11-17(32-24)18(19(24)23(27)31)21(29)25-15-7-3-1-4-8-15/h1,3-4,7-8,16-20,28H,2,5-6,9-14H2,(H,25,29)(H,26,30)/t17-,18+,19-,20?,24?/m0/s1. The number of β-amino-alcohol motifs (C(OH)–C–C–N with tert-alkyl or cyclic N) is 1. The van der Waals surface area contributed by atoms with Crippen LogP contribution in [0, 0.1) is 11.8 Å². The molecule has 3 heterocycles. The van der Waals surface area contributed by atoms with E-state index >= 15 is 0 Å². The Balaban J connectivity index is 1.41. The minimum atomic E-state index is -0.626. The Labute approximate surface area is 192 Å². The van der Waals surface area contributed by atoms with Gasteiger partial charge < -0.3 is 20.6 Å². The molecule has 1 aliphatic carbocycles. The summed E-state index contributed by atoms with van der Waals surface area (Å²) in [7, 11) is 0. The van der Waals surface area contributed by atoms with E-state index in [0.717, 1.165) is 38.5 Å². The summed E-state index contributed by atoms with van der Waals surface area (Å²) in [5.74, 6) is -1.41. The van der Waals surface area contributed by atoms with Gasteiger partial charge in [0, 0.05) is 23.5 Å². The lowest BCUT2D eigenvalue weighted by molar-refractivity contribution is -0.139. The number of likely N-dealkylation sites (tertiary alicyclic amines) is 1. The number of nitrogens with one attached hydrogen (secondary N) is 2. The third-order valence-electron chi connectivity index (χ3n) is 7.69. The highest BCUT2D eigenvalue weighted by Crippen LogP contribution is 2.66. The van der Waals surface area contributed by atoms with Gasteiger partial charge in [-0.05, 0) is 37.8 Å².